The minimum atomic E-state index is -0.162. The lowest BCUT2D eigenvalue weighted by molar-refractivity contribution is -0.124. The van der Waals surface area contributed by atoms with Crippen LogP contribution in [-0.4, -0.2) is 22.1 Å². The van der Waals surface area contributed by atoms with Crippen LogP contribution >= 0.6 is 0 Å². The van der Waals surface area contributed by atoms with Crippen LogP contribution < -0.4 is 5.32 Å². The molecule has 0 saturated carbocycles. The Balaban J connectivity index is 1.42. The molecule has 1 unspecified atom stereocenters. The van der Waals surface area contributed by atoms with Crippen molar-refractivity contribution in [2.45, 2.75) is 25.5 Å². The average Bonchev–Trinajstić information content (AvgIpc) is 2.97. The summed E-state index contributed by atoms with van der Waals surface area (Å²) >= 11 is 0. The Morgan fingerprint density at radius 1 is 1.24 bits per heavy atom. The van der Waals surface area contributed by atoms with E-state index in [-0.39, 0.29) is 12.0 Å². The molecule has 1 aliphatic heterocycles. The number of aromatic nitrogens is 2. The number of benzene rings is 2. The van der Waals surface area contributed by atoms with Gasteiger partial charge < -0.3 is 14.6 Å². The van der Waals surface area contributed by atoms with E-state index in [4.69, 9.17) is 4.74 Å². The first-order chi connectivity index (χ1) is 12.2. The molecule has 0 saturated heterocycles. The van der Waals surface area contributed by atoms with Gasteiger partial charge in [-0.2, -0.15) is 0 Å². The van der Waals surface area contributed by atoms with Crippen LogP contribution in [-0.2, 0) is 29.5 Å². The number of carbonyl (C=O) groups excluding carboxylic acids is 1. The van der Waals surface area contributed by atoms with Gasteiger partial charge >= 0.3 is 0 Å². The highest BCUT2D eigenvalue weighted by Crippen LogP contribution is 2.29. The van der Waals surface area contributed by atoms with E-state index < -0.39 is 0 Å². The Kier molecular flexibility index (Phi) is 4.24. The summed E-state index contributed by atoms with van der Waals surface area (Å²) < 4.78 is 7.83. The molecule has 1 amide bonds. The number of amides is 1. The van der Waals surface area contributed by atoms with E-state index in [0.29, 0.717) is 19.6 Å². The normalized spacial score (nSPS) is 16.6. The first kappa shape index (κ1) is 15.8. The molecule has 5 heteroatoms. The van der Waals surface area contributed by atoms with Gasteiger partial charge in [0.25, 0.3) is 0 Å². The number of rotatable bonds is 4. The summed E-state index contributed by atoms with van der Waals surface area (Å²) in [7, 11) is 1.97. The van der Waals surface area contributed by atoms with Crippen molar-refractivity contribution in [2.75, 3.05) is 6.61 Å². The molecule has 5 nitrogen and oxygen atoms in total. The number of carbonyl (C=O) groups is 1. The van der Waals surface area contributed by atoms with Crippen molar-refractivity contribution in [2.24, 2.45) is 7.05 Å². The molecule has 1 atom stereocenters. The van der Waals surface area contributed by atoms with E-state index in [1.165, 1.54) is 5.56 Å². The Morgan fingerprint density at radius 2 is 2.04 bits per heavy atom. The fourth-order valence-corrected chi connectivity index (χ4v) is 3.42. The van der Waals surface area contributed by atoms with E-state index in [1.54, 1.807) is 0 Å². The molecule has 0 radical (unpaired) electrons. The highest BCUT2D eigenvalue weighted by atomic mass is 16.5. The molecule has 0 aliphatic carbocycles. The van der Waals surface area contributed by atoms with Gasteiger partial charge in [-0.25, -0.2) is 4.98 Å². The minimum absolute atomic E-state index is 0.0197. The number of para-hydroxylation sites is 2. The van der Waals surface area contributed by atoms with Gasteiger partial charge in [-0.3, -0.25) is 4.79 Å². The maximum atomic E-state index is 12.4. The van der Waals surface area contributed by atoms with Crippen molar-refractivity contribution in [3.8, 4) is 0 Å². The van der Waals surface area contributed by atoms with Gasteiger partial charge in [-0.1, -0.05) is 36.4 Å². The molecular formula is C20H21N3O2. The second-order valence-electron chi connectivity index (χ2n) is 6.36. The molecule has 128 valence electrons. The Hall–Kier alpha value is -2.66. The highest BCUT2D eigenvalue weighted by Gasteiger charge is 2.23. The largest absolute Gasteiger partial charge is 0.373 e. The number of fused-ring (bicyclic) bond motifs is 2. The van der Waals surface area contributed by atoms with E-state index >= 15 is 0 Å². The number of ether oxygens (including phenoxy) is 1. The zero-order chi connectivity index (χ0) is 17.2. The van der Waals surface area contributed by atoms with E-state index in [9.17, 15) is 4.79 Å². The van der Waals surface area contributed by atoms with Gasteiger partial charge in [0, 0.05) is 7.05 Å². The fraction of sp³-hybridized carbons (Fsp3) is 0.300. The number of hydrogen-bond donors (Lipinski definition) is 1. The van der Waals surface area contributed by atoms with Crippen molar-refractivity contribution in [1.29, 1.82) is 0 Å². The van der Waals surface area contributed by atoms with E-state index in [1.807, 2.05) is 48.0 Å². The van der Waals surface area contributed by atoms with Crippen molar-refractivity contribution in [3.05, 3.63) is 65.5 Å². The Bertz CT molecular complexity index is 916. The molecule has 0 spiro atoms. The molecule has 0 bridgehead atoms. The summed E-state index contributed by atoms with van der Waals surface area (Å²) in [6.07, 6.45) is 1.08. The molecule has 3 aromatic rings. The first-order valence-corrected chi connectivity index (χ1v) is 8.59. The standard InChI is InChI=1S/C20H21N3O2/c1-23-17-9-5-4-8-16(17)22-19(23)13-21-20(24)12-18-15-7-3-2-6-14(15)10-11-25-18/h2-9,18H,10-13H2,1H3,(H,21,24). The maximum Gasteiger partial charge on any atom is 0.223 e. The second kappa shape index (κ2) is 6.69. The van der Waals surface area contributed by atoms with Gasteiger partial charge in [-0.05, 0) is 29.7 Å². The molecule has 1 aliphatic rings. The molecule has 2 aromatic carbocycles. The number of imidazole rings is 1. The lowest BCUT2D eigenvalue weighted by Crippen LogP contribution is -2.28. The molecule has 2 heterocycles. The topological polar surface area (TPSA) is 56.2 Å². The third-order valence-electron chi connectivity index (χ3n) is 4.79. The fourth-order valence-electron chi connectivity index (χ4n) is 3.42. The summed E-state index contributed by atoms with van der Waals surface area (Å²) in [5, 5.41) is 2.98. The summed E-state index contributed by atoms with van der Waals surface area (Å²) in [4.78, 5) is 17.0. The molecule has 4 rings (SSSR count). The molecular weight excluding hydrogens is 314 g/mol. The SMILES string of the molecule is Cn1c(CNC(=O)CC2OCCc3ccccc32)nc2ccccc21. The highest BCUT2D eigenvalue weighted by molar-refractivity contribution is 5.78. The molecule has 25 heavy (non-hydrogen) atoms. The minimum Gasteiger partial charge on any atom is -0.373 e. The van der Waals surface area contributed by atoms with Crippen LogP contribution in [0.2, 0.25) is 0 Å². The number of nitrogens with one attached hydrogen (secondary N) is 1. The summed E-state index contributed by atoms with van der Waals surface area (Å²) in [6.45, 7) is 1.08. The van der Waals surface area contributed by atoms with Crippen molar-refractivity contribution < 1.29 is 9.53 Å². The number of aryl methyl sites for hydroxylation is 1. The lowest BCUT2D eigenvalue weighted by Gasteiger charge is -2.25. The van der Waals surface area contributed by atoms with Gasteiger partial charge in [0.15, 0.2) is 0 Å². The van der Waals surface area contributed by atoms with Gasteiger partial charge in [0.1, 0.15) is 5.82 Å². The zero-order valence-corrected chi connectivity index (χ0v) is 14.2. The molecule has 1 N–H and O–H groups in total. The molecule has 1 aromatic heterocycles. The molecule has 0 fully saturated rings. The van der Waals surface area contributed by atoms with Crippen LogP contribution in [0.4, 0.5) is 0 Å². The number of hydrogen-bond acceptors (Lipinski definition) is 3. The average molecular weight is 335 g/mol. The zero-order valence-electron chi connectivity index (χ0n) is 14.2. The summed E-state index contributed by atoms with van der Waals surface area (Å²) in [5.41, 5.74) is 4.42. The van der Waals surface area contributed by atoms with Crippen LogP contribution in [0.3, 0.4) is 0 Å². The van der Waals surface area contributed by atoms with Crippen LogP contribution in [0.15, 0.2) is 48.5 Å². The third kappa shape index (κ3) is 3.15. The van der Waals surface area contributed by atoms with Crippen molar-refractivity contribution >= 4 is 16.9 Å². The van der Waals surface area contributed by atoms with Crippen LogP contribution in [0.1, 0.15) is 29.5 Å². The van der Waals surface area contributed by atoms with Crippen LogP contribution in [0.5, 0.6) is 0 Å². The van der Waals surface area contributed by atoms with E-state index in [2.05, 4.69) is 22.4 Å². The first-order valence-electron chi connectivity index (χ1n) is 8.59. The Morgan fingerprint density at radius 3 is 2.92 bits per heavy atom. The monoisotopic (exact) mass is 335 g/mol. The smallest absolute Gasteiger partial charge is 0.223 e. The predicted molar refractivity (Wildman–Crippen MR) is 96.0 cm³/mol. The Labute approximate surface area is 146 Å². The quantitative estimate of drug-likeness (QED) is 0.798. The van der Waals surface area contributed by atoms with Gasteiger partial charge in [0.2, 0.25) is 5.91 Å². The van der Waals surface area contributed by atoms with Crippen molar-refractivity contribution in [3.63, 3.8) is 0 Å². The van der Waals surface area contributed by atoms with Crippen LogP contribution in [0, 0.1) is 0 Å². The number of nitrogens with zero attached hydrogens (tertiary/aromatic N) is 2. The van der Waals surface area contributed by atoms with Crippen molar-refractivity contribution in [1.82, 2.24) is 14.9 Å². The van der Waals surface area contributed by atoms with Gasteiger partial charge in [0.05, 0.1) is 36.7 Å². The summed E-state index contributed by atoms with van der Waals surface area (Å²) in [5.74, 6) is 0.827. The second-order valence-corrected chi connectivity index (χ2v) is 6.36. The van der Waals surface area contributed by atoms with E-state index in [0.717, 1.165) is 28.8 Å². The maximum absolute atomic E-state index is 12.4. The van der Waals surface area contributed by atoms with Gasteiger partial charge in [-0.15, -0.1) is 0 Å². The lowest BCUT2D eigenvalue weighted by atomic mass is 9.96. The summed E-state index contributed by atoms with van der Waals surface area (Å²) in [6, 6.07) is 16.2. The predicted octanol–water partition coefficient (Wildman–Crippen LogP) is 2.89. The third-order valence-corrected chi connectivity index (χ3v) is 4.79. The van der Waals surface area contributed by atoms with Crippen LogP contribution in [0.25, 0.3) is 11.0 Å².